The van der Waals surface area contributed by atoms with Crippen LogP contribution in [0.15, 0.2) is 109 Å². The zero-order valence-electron chi connectivity index (χ0n) is 22.2. The van der Waals surface area contributed by atoms with Gasteiger partial charge in [-0.05, 0) is 47.2 Å². The molecular formula is C34H32N2O4. The van der Waals surface area contributed by atoms with Gasteiger partial charge in [0.25, 0.3) is 0 Å². The van der Waals surface area contributed by atoms with Crippen LogP contribution in [0.4, 0.5) is 11.4 Å². The lowest BCUT2D eigenvalue weighted by Crippen LogP contribution is -2.60. The predicted octanol–water partition coefficient (Wildman–Crippen LogP) is 4.72. The van der Waals surface area contributed by atoms with Crippen molar-refractivity contribution in [1.29, 1.82) is 0 Å². The van der Waals surface area contributed by atoms with Crippen molar-refractivity contribution in [3.05, 3.63) is 131 Å². The molecule has 4 aromatic rings. The highest BCUT2D eigenvalue weighted by atomic mass is 16.3. The fraction of sp³-hybridized carbons (Fsp3) is 0.235. The molecule has 2 aliphatic rings. The third kappa shape index (κ3) is 3.71. The van der Waals surface area contributed by atoms with E-state index in [1.54, 1.807) is 9.80 Å². The van der Waals surface area contributed by atoms with Crippen LogP contribution < -0.4 is 9.80 Å². The summed E-state index contributed by atoms with van der Waals surface area (Å²) in [6.45, 7) is 0.0897. The molecule has 2 N–H and O–H groups in total. The van der Waals surface area contributed by atoms with E-state index in [1.165, 1.54) is 0 Å². The number of hydrogen-bond donors (Lipinski definition) is 2. The van der Waals surface area contributed by atoms with E-state index in [4.69, 9.17) is 0 Å². The van der Waals surface area contributed by atoms with Gasteiger partial charge in [0.2, 0.25) is 11.8 Å². The number of carbonyl (C=O) groups excluding carboxylic acids is 2. The van der Waals surface area contributed by atoms with Crippen molar-refractivity contribution >= 4 is 23.2 Å². The minimum atomic E-state index is -1.41. The normalized spacial score (nSPS) is 21.6. The number of aliphatic hydroxyl groups is 2. The number of hydrogen-bond acceptors (Lipinski definition) is 4. The Balaban J connectivity index is 1.58. The second-order valence-corrected chi connectivity index (χ2v) is 10.5. The molecule has 0 aromatic heterocycles. The molecule has 0 aliphatic carbocycles. The molecule has 202 valence electrons. The van der Waals surface area contributed by atoms with Crippen molar-refractivity contribution in [3.8, 4) is 0 Å². The average molecular weight is 533 g/mol. The molecule has 2 heterocycles. The molecule has 0 saturated carbocycles. The number of carbonyl (C=O) groups is 2. The van der Waals surface area contributed by atoms with E-state index in [1.807, 2.05) is 109 Å². The minimum Gasteiger partial charge on any atom is -0.396 e. The second kappa shape index (κ2) is 10.4. The second-order valence-electron chi connectivity index (χ2n) is 10.5. The Hall–Kier alpha value is -4.26. The summed E-state index contributed by atoms with van der Waals surface area (Å²) >= 11 is 0. The van der Waals surface area contributed by atoms with Crippen LogP contribution in [0.2, 0.25) is 0 Å². The van der Waals surface area contributed by atoms with E-state index in [0.717, 1.165) is 22.5 Å². The molecule has 2 amide bonds. The molecule has 6 nitrogen and oxygen atoms in total. The van der Waals surface area contributed by atoms with Crippen LogP contribution in [0.25, 0.3) is 0 Å². The fourth-order valence-corrected chi connectivity index (χ4v) is 6.97. The molecule has 0 saturated heterocycles. The van der Waals surface area contributed by atoms with Crippen LogP contribution >= 0.6 is 0 Å². The van der Waals surface area contributed by atoms with Gasteiger partial charge in [-0.3, -0.25) is 9.59 Å². The molecule has 40 heavy (non-hydrogen) atoms. The van der Waals surface area contributed by atoms with Crippen LogP contribution in [0.1, 0.15) is 35.1 Å². The van der Waals surface area contributed by atoms with Crippen molar-refractivity contribution < 1.29 is 19.8 Å². The molecular weight excluding hydrogens is 500 g/mol. The van der Waals surface area contributed by atoms with E-state index < -0.39 is 10.8 Å². The van der Waals surface area contributed by atoms with Gasteiger partial charge in [-0.2, -0.15) is 0 Å². The predicted molar refractivity (Wildman–Crippen MR) is 155 cm³/mol. The summed E-state index contributed by atoms with van der Waals surface area (Å²) in [4.78, 5) is 33.3. The molecule has 2 atom stereocenters. The van der Waals surface area contributed by atoms with Gasteiger partial charge in [0.1, 0.15) is 0 Å². The monoisotopic (exact) mass is 532 g/mol. The summed E-state index contributed by atoms with van der Waals surface area (Å²) in [6, 6.07) is 34.7. The zero-order valence-corrected chi connectivity index (χ0v) is 22.2. The lowest BCUT2D eigenvalue weighted by Gasteiger charge is -2.44. The van der Waals surface area contributed by atoms with Gasteiger partial charge in [-0.1, -0.05) is 97.1 Å². The number of aliphatic hydroxyl groups excluding tert-OH is 2. The molecule has 0 spiro atoms. The molecule has 0 bridgehead atoms. The molecule has 0 unspecified atom stereocenters. The summed E-state index contributed by atoms with van der Waals surface area (Å²) in [5.74, 6) is -0.463. The van der Waals surface area contributed by atoms with Crippen LogP contribution in [0.5, 0.6) is 0 Å². The number of rotatable bonds is 9. The smallest absolute Gasteiger partial charge is 0.239 e. The number of anilines is 2. The Labute approximate surface area is 234 Å². The highest BCUT2D eigenvalue weighted by molar-refractivity contribution is 6.18. The van der Waals surface area contributed by atoms with E-state index in [0.29, 0.717) is 24.2 Å². The Kier molecular flexibility index (Phi) is 6.74. The third-order valence-corrected chi connectivity index (χ3v) is 8.60. The highest BCUT2D eigenvalue weighted by Gasteiger charge is 2.69. The molecule has 0 fully saturated rings. The number of amides is 2. The largest absolute Gasteiger partial charge is 0.396 e. The molecule has 2 aliphatic heterocycles. The molecule has 4 aromatic carbocycles. The van der Waals surface area contributed by atoms with Gasteiger partial charge < -0.3 is 20.0 Å². The Morgan fingerprint density at radius 3 is 1.23 bits per heavy atom. The van der Waals surface area contributed by atoms with Gasteiger partial charge in [0.05, 0.1) is 23.9 Å². The number of nitrogens with zero attached hydrogens (tertiary/aromatic N) is 2. The lowest BCUT2D eigenvalue weighted by atomic mass is 9.54. The van der Waals surface area contributed by atoms with Gasteiger partial charge >= 0.3 is 0 Å². The summed E-state index contributed by atoms with van der Waals surface area (Å²) in [5.41, 5.74) is 1.99. The Morgan fingerprint density at radius 2 is 0.850 bits per heavy atom. The molecule has 6 heteroatoms. The SMILES string of the molecule is O=C1N(Cc2ccccc2)c2ccccc2[C@@]1(CCO)[C@]1(CCO)C(=O)N(Cc2ccccc2)c2ccccc21. The first-order chi connectivity index (χ1) is 19.6. The van der Waals surface area contributed by atoms with E-state index in [9.17, 15) is 19.8 Å². The quantitative estimate of drug-likeness (QED) is 0.327. The highest BCUT2D eigenvalue weighted by Crippen LogP contribution is 2.61. The van der Waals surface area contributed by atoms with Gasteiger partial charge in [0, 0.05) is 24.6 Å². The Bertz CT molecular complexity index is 1420. The summed E-state index contributed by atoms with van der Waals surface area (Å²) < 4.78 is 0. The van der Waals surface area contributed by atoms with Gasteiger partial charge in [-0.25, -0.2) is 0 Å². The van der Waals surface area contributed by atoms with Gasteiger partial charge in [0.15, 0.2) is 0 Å². The number of para-hydroxylation sites is 2. The first-order valence-electron chi connectivity index (χ1n) is 13.7. The number of fused-ring (bicyclic) bond motifs is 2. The summed E-state index contributed by atoms with van der Waals surface area (Å²) in [7, 11) is 0. The lowest BCUT2D eigenvalue weighted by molar-refractivity contribution is -0.136. The maximum Gasteiger partial charge on any atom is 0.239 e. The van der Waals surface area contributed by atoms with Crippen LogP contribution in [0, 0.1) is 0 Å². The van der Waals surface area contributed by atoms with Crippen molar-refractivity contribution in [2.75, 3.05) is 23.0 Å². The Morgan fingerprint density at radius 1 is 0.500 bits per heavy atom. The molecule has 6 rings (SSSR count). The first-order valence-corrected chi connectivity index (χ1v) is 13.7. The minimum absolute atomic E-state index is 0.0490. The first kappa shape index (κ1) is 26.0. The standard InChI is InChI=1S/C34H32N2O4/c37-21-19-33(27-15-7-9-17-29(27)35(31(33)39)23-25-11-3-1-4-12-25)34(20-22-38)28-16-8-10-18-30(28)36(32(34)40)24-26-13-5-2-6-14-26/h1-18,37-38H,19-24H2/t33-,34+. The van der Waals surface area contributed by atoms with Crippen molar-refractivity contribution in [1.82, 2.24) is 0 Å². The van der Waals surface area contributed by atoms with Crippen LogP contribution in [-0.2, 0) is 33.5 Å². The summed E-state index contributed by atoms with van der Waals surface area (Å²) in [5, 5.41) is 21.1. The van der Waals surface area contributed by atoms with E-state index in [-0.39, 0.29) is 37.9 Å². The topological polar surface area (TPSA) is 81.1 Å². The van der Waals surface area contributed by atoms with Crippen molar-refractivity contribution in [2.24, 2.45) is 0 Å². The van der Waals surface area contributed by atoms with Crippen LogP contribution in [-0.4, -0.2) is 35.2 Å². The fourth-order valence-electron chi connectivity index (χ4n) is 6.97. The maximum absolute atomic E-state index is 14.9. The summed E-state index contributed by atoms with van der Waals surface area (Å²) in [6.07, 6.45) is 0.0980. The zero-order chi connectivity index (χ0) is 27.7. The maximum atomic E-state index is 14.9. The van der Waals surface area contributed by atoms with Crippen molar-refractivity contribution in [2.45, 2.75) is 36.8 Å². The average Bonchev–Trinajstić information content (AvgIpc) is 3.37. The number of benzene rings is 4. The van der Waals surface area contributed by atoms with E-state index in [2.05, 4.69) is 0 Å². The third-order valence-electron chi connectivity index (χ3n) is 8.60. The van der Waals surface area contributed by atoms with Crippen LogP contribution in [0.3, 0.4) is 0 Å². The van der Waals surface area contributed by atoms with Crippen molar-refractivity contribution in [3.63, 3.8) is 0 Å². The van der Waals surface area contributed by atoms with Gasteiger partial charge in [-0.15, -0.1) is 0 Å². The van der Waals surface area contributed by atoms with E-state index >= 15 is 0 Å². The molecule has 0 radical (unpaired) electrons.